The minimum atomic E-state index is 0.549. The van der Waals surface area contributed by atoms with Crippen LogP contribution in [0.15, 0.2) is 47.0 Å². The van der Waals surface area contributed by atoms with Gasteiger partial charge < -0.3 is 14.1 Å². The lowest BCUT2D eigenvalue weighted by atomic mass is 10.2. The number of para-hydroxylation sites is 1. The van der Waals surface area contributed by atoms with Crippen LogP contribution in [0.5, 0.6) is 5.75 Å². The number of ether oxygens (including phenoxy) is 1. The fourth-order valence-electron chi connectivity index (χ4n) is 2.65. The molecule has 6 nitrogen and oxygen atoms in total. The molecule has 0 bridgehead atoms. The van der Waals surface area contributed by atoms with Gasteiger partial charge in [0.1, 0.15) is 35.2 Å². The van der Waals surface area contributed by atoms with E-state index in [1.165, 1.54) is 0 Å². The summed E-state index contributed by atoms with van der Waals surface area (Å²) in [4.78, 5) is 7.97. The van der Waals surface area contributed by atoms with Crippen molar-refractivity contribution in [2.24, 2.45) is 0 Å². The molecule has 3 heterocycles. The van der Waals surface area contributed by atoms with Gasteiger partial charge in [0.25, 0.3) is 0 Å². The summed E-state index contributed by atoms with van der Waals surface area (Å²) in [5.74, 6) is 3.29. The Hall–Kier alpha value is -3.02. The van der Waals surface area contributed by atoms with Gasteiger partial charge in [-0.05, 0) is 31.2 Å². The van der Waals surface area contributed by atoms with E-state index in [1.807, 2.05) is 48.0 Å². The Balaban J connectivity index is 1.74. The number of hydrogen-bond donors (Lipinski definition) is 1. The average molecular weight is 308 g/mol. The maximum absolute atomic E-state index is 5.61. The zero-order valence-corrected chi connectivity index (χ0v) is 12.9. The molecule has 0 saturated heterocycles. The van der Waals surface area contributed by atoms with Crippen LogP contribution in [-0.2, 0) is 6.54 Å². The molecule has 4 aromatic rings. The van der Waals surface area contributed by atoms with Gasteiger partial charge in [-0.25, -0.2) is 9.67 Å². The lowest BCUT2D eigenvalue weighted by Gasteiger charge is -2.04. The summed E-state index contributed by atoms with van der Waals surface area (Å²) in [6, 6.07) is 11.7. The summed E-state index contributed by atoms with van der Waals surface area (Å²) in [6.07, 6.45) is 1.77. The lowest BCUT2D eigenvalue weighted by molar-refractivity contribution is 0.416. The van der Waals surface area contributed by atoms with Crippen LogP contribution in [0.1, 0.15) is 11.5 Å². The number of fused-ring (bicyclic) bond motifs is 1. The molecule has 0 saturated carbocycles. The Kier molecular flexibility index (Phi) is 3.15. The van der Waals surface area contributed by atoms with E-state index in [1.54, 1.807) is 13.3 Å². The summed E-state index contributed by atoms with van der Waals surface area (Å²) in [5.41, 5.74) is 2.60. The standard InChI is InChI=1S/C17H16N4O2/c1-11-7-8-12(23-11)10-21-17-14(9-18-21)19-16(20-17)13-5-3-4-6-15(13)22-2/h3-9H,10H2,1-2H3,(H,19,20). The van der Waals surface area contributed by atoms with E-state index in [0.29, 0.717) is 6.54 Å². The van der Waals surface area contributed by atoms with Crippen LogP contribution in [0.2, 0.25) is 0 Å². The van der Waals surface area contributed by atoms with Crippen LogP contribution in [0.4, 0.5) is 0 Å². The minimum absolute atomic E-state index is 0.549. The molecular formula is C17H16N4O2. The zero-order chi connectivity index (χ0) is 15.8. The second kappa shape index (κ2) is 5.31. The maximum atomic E-state index is 5.61. The second-order valence-electron chi connectivity index (χ2n) is 5.34. The summed E-state index contributed by atoms with van der Waals surface area (Å²) in [7, 11) is 1.66. The molecule has 0 fully saturated rings. The van der Waals surface area contributed by atoms with E-state index in [4.69, 9.17) is 9.15 Å². The normalized spacial score (nSPS) is 11.2. The SMILES string of the molecule is COc1ccccc1-c1nc2c(cnn2Cc2ccc(C)o2)[nH]1. The monoisotopic (exact) mass is 308 g/mol. The molecular weight excluding hydrogens is 292 g/mol. The molecule has 6 heteroatoms. The van der Waals surface area contributed by atoms with E-state index in [2.05, 4.69) is 15.1 Å². The van der Waals surface area contributed by atoms with Crippen molar-refractivity contribution in [3.63, 3.8) is 0 Å². The molecule has 0 spiro atoms. The molecule has 0 aliphatic rings. The van der Waals surface area contributed by atoms with E-state index < -0.39 is 0 Å². The molecule has 0 amide bonds. The third-order valence-corrected chi connectivity index (χ3v) is 3.75. The Morgan fingerprint density at radius 2 is 2.09 bits per heavy atom. The number of methoxy groups -OCH3 is 1. The Labute approximate surface area is 132 Å². The first kappa shape index (κ1) is 13.6. The number of benzene rings is 1. The number of H-pyrrole nitrogens is 1. The van der Waals surface area contributed by atoms with Crippen molar-refractivity contribution < 1.29 is 9.15 Å². The third kappa shape index (κ3) is 2.38. The van der Waals surface area contributed by atoms with E-state index >= 15 is 0 Å². The van der Waals surface area contributed by atoms with Crippen LogP contribution >= 0.6 is 0 Å². The van der Waals surface area contributed by atoms with Gasteiger partial charge in [0, 0.05) is 0 Å². The maximum Gasteiger partial charge on any atom is 0.177 e. The van der Waals surface area contributed by atoms with Crippen LogP contribution < -0.4 is 4.74 Å². The van der Waals surface area contributed by atoms with Crippen molar-refractivity contribution in [1.82, 2.24) is 19.7 Å². The molecule has 0 unspecified atom stereocenters. The van der Waals surface area contributed by atoms with Crippen molar-refractivity contribution in [3.8, 4) is 17.1 Å². The number of hydrogen-bond acceptors (Lipinski definition) is 4. The van der Waals surface area contributed by atoms with Crippen molar-refractivity contribution in [3.05, 3.63) is 54.1 Å². The topological polar surface area (TPSA) is 68.9 Å². The Morgan fingerprint density at radius 1 is 1.22 bits per heavy atom. The molecule has 4 rings (SSSR count). The first-order valence-electron chi connectivity index (χ1n) is 7.35. The number of imidazole rings is 1. The van der Waals surface area contributed by atoms with Crippen LogP contribution in [-0.4, -0.2) is 26.9 Å². The Bertz CT molecular complexity index is 964. The third-order valence-electron chi connectivity index (χ3n) is 3.75. The van der Waals surface area contributed by atoms with E-state index in [9.17, 15) is 0 Å². The molecule has 1 N–H and O–H groups in total. The number of aryl methyl sites for hydroxylation is 1. The molecule has 23 heavy (non-hydrogen) atoms. The number of rotatable bonds is 4. The molecule has 116 valence electrons. The van der Waals surface area contributed by atoms with Crippen LogP contribution in [0, 0.1) is 6.92 Å². The Morgan fingerprint density at radius 3 is 2.87 bits per heavy atom. The minimum Gasteiger partial charge on any atom is -0.496 e. The van der Waals surface area contributed by atoms with Crippen molar-refractivity contribution >= 4 is 11.2 Å². The number of furan rings is 1. The van der Waals surface area contributed by atoms with Gasteiger partial charge in [0.15, 0.2) is 5.65 Å². The van der Waals surface area contributed by atoms with Gasteiger partial charge in [-0.2, -0.15) is 5.10 Å². The number of aromatic nitrogens is 4. The van der Waals surface area contributed by atoms with Crippen molar-refractivity contribution in [1.29, 1.82) is 0 Å². The van der Waals surface area contributed by atoms with Gasteiger partial charge >= 0.3 is 0 Å². The highest BCUT2D eigenvalue weighted by molar-refractivity contribution is 5.77. The molecule has 3 aromatic heterocycles. The van der Waals surface area contributed by atoms with Gasteiger partial charge in [-0.1, -0.05) is 12.1 Å². The molecule has 1 aromatic carbocycles. The summed E-state index contributed by atoms with van der Waals surface area (Å²) in [6.45, 7) is 2.48. The summed E-state index contributed by atoms with van der Waals surface area (Å²) >= 11 is 0. The lowest BCUT2D eigenvalue weighted by Crippen LogP contribution is -2.01. The van der Waals surface area contributed by atoms with Gasteiger partial charge in [-0.3, -0.25) is 0 Å². The highest BCUT2D eigenvalue weighted by Crippen LogP contribution is 2.29. The largest absolute Gasteiger partial charge is 0.496 e. The van der Waals surface area contributed by atoms with Crippen LogP contribution in [0.3, 0.4) is 0 Å². The van der Waals surface area contributed by atoms with Crippen LogP contribution in [0.25, 0.3) is 22.6 Å². The summed E-state index contributed by atoms with van der Waals surface area (Å²) < 4.78 is 12.8. The van der Waals surface area contributed by atoms with Gasteiger partial charge in [0.05, 0.1) is 18.9 Å². The van der Waals surface area contributed by atoms with E-state index in [-0.39, 0.29) is 0 Å². The number of aromatic amines is 1. The second-order valence-corrected chi connectivity index (χ2v) is 5.34. The first-order chi connectivity index (χ1) is 11.2. The predicted octanol–water partition coefficient (Wildman–Crippen LogP) is 3.38. The average Bonchev–Trinajstić information content (AvgIpc) is 3.25. The quantitative estimate of drug-likeness (QED) is 0.627. The molecule has 0 aliphatic heterocycles. The molecule has 0 radical (unpaired) electrons. The van der Waals surface area contributed by atoms with E-state index in [0.717, 1.165) is 39.8 Å². The smallest absolute Gasteiger partial charge is 0.177 e. The molecule has 0 aliphatic carbocycles. The fourth-order valence-corrected chi connectivity index (χ4v) is 2.65. The highest BCUT2D eigenvalue weighted by atomic mass is 16.5. The van der Waals surface area contributed by atoms with Gasteiger partial charge in [-0.15, -0.1) is 0 Å². The fraction of sp³-hybridized carbons (Fsp3) is 0.176. The predicted molar refractivity (Wildman–Crippen MR) is 86.4 cm³/mol. The zero-order valence-electron chi connectivity index (χ0n) is 12.9. The number of nitrogens with zero attached hydrogens (tertiary/aromatic N) is 3. The van der Waals surface area contributed by atoms with Gasteiger partial charge in [0.2, 0.25) is 0 Å². The summed E-state index contributed by atoms with van der Waals surface area (Å²) in [5, 5.41) is 4.37. The highest BCUT2D eigenvalue weighted by Gasteiger charge is 2.14. The van der Waals surface area contributed by atoms with Crippen molar-refractivity contribution in [2.45, 2.75) is 13.5 Å². The molecule has 0 atom stereocenters. The number of nitrogens with one attached hydrogen (secondary N) is 1. The first-order valence-corrected chi connectivity index (χ1v) is 7.35. The van der Waals surface area contributed by atoms with Crippen molar-refractivity contribution in [2.75, 3.05) is 7.11 Å².